The van der Waals surface area contributed by atoms with Crippen molar-refractivity contribution in [1.29, 1.82) is 0 Å². The molecule has 2 amide bonds. The average Bonchev–Trinajstić information content (AvgIpc) is 3.01. The van der Waals surface area contributed by atoms with Crippen LogP contribution in [0.1, 0.15) is 71.4 Å². The Morgan fingerprint density at radius 1 is 1.16 bits per heavy atom. The van der Waals surface area contributed by atoms with Gasteiger partial charge in [-0.15, -0.1) is 0 Å². The largest absolute Gasteiger partial charge is 0.444 e. The third kappa shape index (κ3) is 5.21. The lowest BCUT2D eigenvalue weighted by atomic mass is 9.94. The van der Waals surface area contributed by atoms with Crippen molar-refractivity contribution in [2.45, 2.75) is 77.0 Å². The number of carbonyl (C=O) groups is 2. The Kier molecular flexibility index (Phi) is 6.09. The van der Waals surface area contributed by atoms with Gasteiger partial charge in [-0.2, -0.15) is 0 Å². The standard InChI is InChI=1S/C20H30N2O3/c1-5-16(15-11-7-6-8-12-15)21-17(23)20(13-9-10-14-20)22-18(24)25-19(2,3)4/h6-8,11-12,16H,5,9-10,13-14H2,1-4H3,(H,21,23)(H,22,24)/t16-/m0/s1. The van der Waals surface area contributed by atoms with Crippen molar-refractivity contribution in [2.75, 3.05) is 0 Å². The molecule has 5 nitrogen and oxygen atoms in total. The van der Waals surface area contributed by atoms with Crippen LogP contribution in [0.15, 0.2) is 30.3 Å². The molecule has 2 N–H and O–H groups in total. The van der Waals surface area contributed by atoms with Crippen LogP contribution in [0.25, 0.3) is 0 Å². The van der Waals surface area contributed by atoms with E-state index in [0.717, 1.165) is 24.8 Å². The second-order valence-corrected chi connectivity index (χ2v) is 7.76. The first-order valence-electron chi connectivity index (χ1n) is 9.13. The van der Waals surface area contributed by atoms with E-state index >= 15 is 0 Å². The third-order valence-electron chi connectivity index (χ3n) is 4.55. The molecule has 5 heteroatoms. The molecule has 0 bridgehead atoms. The lowest BCUT2D eigenvalue weighted by Gasteiger charge is -2.32. The summed E-state index contributed by atoms with van der Waals surface area (Å²) in [5.41, 5.74) is -0.385. The fraction of sp³-hybridized carbons (Fsp3) is 0.600. The van der Waals surface area contributed by atoms with Gasteiger partial charge < -0.3 is 15.4 Å². The summed E-state index contributed by atoms with van der Waals surface area (Å²) in [6.45, 7) is 7.49. The minimum atomic E-state index is -0.871. The van der Waals surface area contributed by atoms with Gasteiger partial charge in [-0.25, -0.2) is 4.79 Å². The number of rotatable bonds is 5. The van der Waals surface area contributed by atoms with E-state index in [1.807, 2.05) is 58.0 Å². The first-order chi connectivity index (χ1) is 11.8. The van der Waals surface area contributed by atoms with Gasteiger partial charge in [0.2, 0.25) is 5.91 Å². The number of ether oxygens (including phenoxy) is 1. The average molecular weight is 346 g/mol. The molecule has 0 unspecified atom stereocenters. The first kappa shape index (κ1) is 19.3. The summed E-state index contributed by atoms with van der Waals surface area (Å²) >= 11 is 0. The minimum absolute atomic E-state index is 0.0633. The van der Waals surface area contributed by atoms with E-state index in [0.29, 0.717) is 12.8 Å². The maximum atomic E-state index is 13.0. The molecule has 1 saturated carbocycles. The van der Waals surface area contributed by atoms with Crippen molar-refractivity contribution in [3.8, 4) is 0 Å². The lowest BCUT2D eigenvalue weighted by Crippen LogP contribution is -2.58. The fourth-order valence-corrected chi connectivity index (χ4v) is 3.29. The summed E-state index contributed by atoms with van der Waals surface area (Å²) in [4.78, 5) is 25.3. The van der Waals surface area contributed by atoms with Crippen LogP contribution >= 0.6 is 0 Å². The molecule has 0 aromatic heterocycles. The molecule has 1 aliphatic rings. The first-order valence-corrected chi connectivity index (χ1v) is 9.13. The molecule has 2 rings (SSSR count). The molecule has 0 radical (unpaired) electrons. The highest BCUT2D eigenvalue weighted by atomic mass is 16.6. The van der Waals surface area contributed by atoms with E-state index in [1.165, 1.54) is 0 Å². The van der Waals surface area contributed by atoms with Crippen LogP contribution in [0, 0.1) is 0 Å². The summed E-state index contributed by atoms with van der Waals surface area (Å²) in [6.07, 6.45) is 3.39. The quantitative estimate of drug-likeness (QED) is 0.844. The van der Waals surface area contributed by atoms with E-state index in [-0.39, 0.29) is 11.9 Å². The maximum Gasteiger partial charge on any atom is 0.408 e. The van der Waals surface area contributed by atoms with Crippen LogP contribution < -0.4 is 10.6 Å². The number of benzene rings is 1. The van der Waals surface area contributed by atoms with Crippen molar-refractivity contribution in [3.05, 3.63) is 35.9 Å². The molecule has 0 heterocycles. The van der Waals surface area contributed by atoms with Crippen LogP contribution in [-0.2, 0) is 9.53 Å². The molecule has 1 aromatic carbocycles. The smallest absolute Gasteiger partial charge is 0.408 e. The summed E-state index contributed by atoms with van der Waals surface area (Å²) in [5, 5.41) is 5.98. The predicted octanol–water partition coefficient (Wildman–Crippen LogP) is 4.09. The molecule has 1 fully saturated rings. The topological polar surface area (TPSA) is 67.4 Å². The predicted molar refractivity (Wildman–Crippen MR) is 98.2 cm³/mol. The van der Waals surface area contributed by atoms with Gasteiger partial charge in [-0.05, 0) is 45.6 Å². The van der Waals surface area contributed by atoms with Gasteiger partial charge >= 0.3 is 6.09 Å². The molecule has 138 valence electrons. The Balaban J connectivity index is 2.10. The molecule has 1 aromatic rings. The van der Waals surface area contributed by atoms with Crippen LogP contribution in [0.3, 0.4) is 0 Å². The van der Waals surface area contributed by atoms with Crippen molar-refractivity contribution >= 4 is 12.0 Å². The van der Waals surface area contributed by atoms with Crippen molar-refractivity contribution in [1.82, 2.24) is 10.6 Å². The monoisotopic (exact) mass is 346 g/mol. The Labute approximate surface area is 150 Å². The lowest BCUT2D eigenvalue weighted by molar-refractivity contribution is -0.128. The van der Waals surface area contributed by atoms with Gasteiger partial charge in [0.15, 0.2) is 0 Å². The Bertz CT molecular complexity index is 587. The summed E-state index contributed by atoms with van der Waals surface area (Å²) in [5.74, 6) is -0.119. The van der Waals surface area contributed by atoms with E-state index in [9.17, 15) is 9.59 Å². The second kappa shape index (κ2) is 7.89. The highest BCUT2D eigenvalue weighted by Crippen LogP contribution is 2.31. The van der Waals surface area contributed by atoms with Gasteiger partial charge in [0.05, 0.1) is 6.04 Å². The Morgan fingerprint density at radius 3 is 2.28 bits per heavy atom. The number of nitrogens with one attached hydrogen (secondary N) is 2. The molecule has 1 aliphatic carbocycles. The van der Waals surface area contributed by atoms with Crippen LogP contribution in [0.4, 0.5) is 4.79 Å². The molecule has 0 spiro atoms. The number of alkyl carbamates (subject to hydrolysis) is 1. The van der Waals surface area contributed by atoms with E-state index in [2.05, 4.69) is 10.6 Å². The number of carbonyl (C=O) groups excluding carboxylic acids is 2. The van der Waals surface area contributed by atoms with Gasteiger partial charge in [0.25, 0.3) is 0 Å². The van der Waals surface area contributed by atoms with E-state index in [1.54, 1.807) is 0 Å². The van der Waals surface area contributed by atoms with E-state index < -0.39 is 17.2 Å². The third-order valence-corrected chi connectivity index (χ3v) is 4.55. The SMILES string of the molecule is CC[C@H](NC(=O)C1(NC(=O)OC(C)(C)C)CCCC1)c1ccccc1. The van der Waals surface area contributed by atoms with Gasteiger partial charge in [0, 0.05) is 0 Å². The summed E-state index contributed by atoms with van der Waals surface area (Å²) < 4.78 is 5.36. The normalized spacial score (nSPS) is 17.6. The van der Waals surface area contributed by atoms with Crippen molar-refractivity contribution in [3.63, 3.8) is 0 Å². The highest BCUT2D eigenvalue weighted by molar-refractivity contribution is 5.90. The zero-order valence-electron chi connectivity index (χ0n) is 15.7. The zero-order valence-corrected chi connectivity index (χ0v) is 15.7. The van der Waals surface area contributed by atoms with Crippen molar-refractivity contribution < 1.29 is 14.3 Å². The van der Waals surface area contributed by atoms with Gasteiger partial charge in [-0.3, -0.25) is 4.79 Å². The van der Waals surface area contributed by atoms with Crippen molar-refractivity contribution in [2.24, 2.45) is 0 Å². The Hall–Kier alpha value is -2.04. The van der Waals surface area contributed by atoms with Crippen LogP contribution in [0.2, 0.25) is 0 Å². The van der Waals surface area contributed by atoms with Crippen LogP contribution in [0.5, 0.6) is 0 Å². The highest BCUT2D eigenvalue weighted by Gasteiger charge is 2.44. The molecule has 25 heavy (non-hydrogen) atoms. The Morgan fingerprint density at radius 2 is 1.76 bits per heavy atom. The number of hydrogen-bond acceptors (Lipinski definition) is 3. The van der Waals surface area contributed by atoms with Gasteiger partial charge in [-0.1, -0.05) is 50.1 Å². The molecular weight excluding hydrogens is 316 g/mol. The molecule has 0 aliphatic heterocycles. The fourth-order valence-electron chi connectivity index (χ4n) is 3.29. The number of hydrogen-bond donors (Lipinski definition) is 2. The molecule has 1 atom stereocenters. The number of amides is 2. The van der Waals surface area contributed by atoms with Crippen LogP contribution in [-0.4, -0.2) is 23.1 Å². The molecular formula is C20H30N2O3. The molecule has 0 saturated heterocycles. The summed E-state index contributed by atoms with van der Waals surface area (Å²) in [7, 11) is 0. The second-order valence-electron chi connectivity index (χ2n) is 7.76. The summed E-state index contributed by atoms with van der Waals surface area (Å²) in [6, 6.07) is 9.85. The zero-order chi connectivity index (χ0) is 18.5. The van der Waals surface area contributed by atoms with Gasteiger partial charge in [0.1, 0.15) is 11.1 Å². The minimum Gasteiger partial charge on any atom is -0.444 e. The maximum absolute atomic E-state index is 13.0. The van der Waals surface area contributed by atoms with E-state index in [4.69, 9.17) is 4.74 Å².